The number of carbonyl (C=O) groups is 2. The van der Waals surface area contributed by atoms with Gasteiger partial charge in [-0.2, -0.15) is 0 Å². The Morgan fingerprint density at radius 1 is 1.06 bits per heavy atom. The predicted octanol–water partition coefficient (Wildman–Crippen LogP) is 1.72. The van der Waals surface area contributed by atoms with E-state index in [0.29, 0.717) is 49.4 Å². The van der Waals surface area contributed by atoms with Crippen molar-refractivity contribution in [3.63, 3.8) is 0 Å². The van der Waals surface area contributed by atoms with E-state index < -0.39 is 6.09 Å². The minimum atomic E-state index is -0.781. The zero-order chi connectivity index (χ0) is 22.2. The number of ether oxygens (including phenoxy) is 3. The molecule has 0 saturated heterocycles. The fourth-order valence-electron chi connectivity index (χ4n) is 3.51. The van der Waals surface area contributed by atoms with Gasteiger partial charge in [0.15, 0.2) is 5.82 Å². The Kier molecular flexibility index (Phi) is 7.65. The molecule has 1 saturated carbocycles. The van der Waals surface area contributed by atoms with E-state index >= 15 is 0 Å². The van der Waals surface area contributed by atoms with Crippen molar-refractivity contribution < 1.29 is 23.8 Å². The van der Waals surface area contributed by atoms with Crippen molar-refractivity contribution in [3.05, 3.63) is 24.8 Å². The third kappa shape index (κ3) is 5.85. The van der Waals surface area contributed by atoms with Gasteiger partial charge in [0.1, 0.15) is 12.7 Å². The molecule has 11 heteroatoms. The average molecular weight is 430 g/mol. The van der Waals surface area contributed by atoms with Gasteiger partial charge in [0.05, 0.1) is 25.2 Å². The Balaban J connectivity index is 1.77. The van der Waals surface area contributed by atoms with Gasteiger partial charge in [-0.1, -0.05) is 0 Å². The molecule has 31 heavy (non-hydrogen) atoms. The van der Waals surface area contributed by atoms with E-state index in [1.807, 2.05) is 6.92 Å². The monoisotopic (exact) mass is 430 g/mol. The second-order valence-corrected chi connectivity index (χ2v) is 6.99. The Morgan fingerprint density at radius 2 is 1.77 bits per heavy atom. The highest BCUT2D eigenvalue weighted by atomic mass is 16.6. The number of nitrogens with two attached hydrogens (primary N) is 1. The van der Waals surface area contributed by atoms with E-state index in [1.54, 1.807) is 29.7 Å². The molecule has 11 nitrogen and oxygen atoms in total. The third-order valence-electron chi connectivity index (χ3n) is 4.98. The molecule has 1 aliphatic rings. The lowest BCUT2D eigenvalue weighted by Crippen LogP contribution is -2.46. The van der Waals surface area contributed by atoms with Crippen molar-refractivity contribution in [1.29, 1.82) is 0 Å². The number of anilines is 1. The van der Waals surface area contributed by atoms with Crippen molar-refractivity contribution in [2.45, 2.75) is 44.8 Å². The smallest absolute Gasteiger partial charge is 0.404 e. The number of hydrogen-bond donors (Lipinski definition) is 1. The van der Waals surface area contributed by atoms with Crippen LogP contribution in [0.5, 0.6) is 6.01 Å². The molecule has 0 spiro atoms. The largest absolute Gasteiger partial charge is 0.467 e. The molecular formula is C20H26N6O5. The molecule has 0 bridgehead atoms. The maximum Gasteiger partial charge on any atom is 0.404 e. The molecule has 3 rings (SSSR count). The van der Waals surface area contributed by atoms with Crippen LogP contribution in [0, 0.1) is 0 Å². The van der Waals surface area contributed by atoms with Crippen molar-refractivity contribution in [1.82, 2.24) is 19.9 Å². The maximum absolute atomic E-state index is 12.9. The molecule has 0 atom stereocenters. The summed E-state index contributed by atoms with van der Waals surface area (Å²) in [6.07, 6.45) is 7.80. The van der Waals surface area contributed by atoms with Crippen molar-refractivity contribution in [2.75, 3.05) is 25.2 Å². The maximum atomic E-state index is 12.9. The average Bonchev–Trinajstić information content (AvgIpc) is 2.79. The van der Waals surface area contributed by atoms with Crippen LogP contribution in [0.15, 0.2) is 24.8 Å². The van der Waals surface area contributed by atoms with Gasteiger partial charge in [-0.15, -0.1) is 0 Å². The van der Waals surface area contributed by atoms with Crippen molar-refractivity contribution in [3.8, 4) is 17.3 Å². The number of primary amides is 1. The van der Waals surface area contributed by atoms with E-state index in [4.69, 9.17) is 19.9 Å². The van der Waals surface area contributed by atoms with E-state index in [1.165, 1.54) is 7.11 Å². The van der Waals surface area contributed by atoms with Crippen LogP contribution in [0.2, 0.25) is 0 Å². The second-order valence-electron chi connectivity index (χ2n) is 6.99. The van der Waals surface area contributed by atoms with Gasteiger partial charge in [0.25, 0.3) is 5.91 Å². The van der Waals surface area contributed by atoms with Crippen LogP contribution >= 0.6 is 0 Å². The summed E-state index contributed by atoms with van der Waals surface area (Å²) in [6, 6.07) is 0.155. The second kappa shape index (κ2) is 10.6. The zero-order valence-electron chi connectivity index (χ0n) is 17.6. The van der Waals surface area contributed by atoms with Crippen LogP contribution in [-0.2, 0) is 14.3 Å². The number of methoxy groups -OCH3 is 1. The van der Waals surface area contributed by atoms with E-state index in [2.05, 4.69) is 19.9 Å². The lowest BCUT2D eigenvalue weighted by molar-refractivity contribution is -0.123. The van der Waals surface area contributed by atoms with Gasteiger partial charge >= 0.3 is 12.1 Å². The molecule has 2 heterocycles. The van der Waals surface area contributed by atoms with Crippen LogP contribution in [0.25, 0.3) is 11.3 Å². The fourth-order valence-corrected chi connectivity index (χ4v) is 3.51. The lowest BCUT2D eigenvalue weighted by atomic mass is 9.91. The number of amides is 2. The normalized spacial score (nSPS) is 18.3. The van der Waals surface area contributed by atoms with Crippen molar-refractivity contribution in [2.24, 2.45) is 5.73 Å². The Bertz CT molecular complexity index is 869. The molecule has 166 valence electrons. The van der Waals surface area contributed by atoms with Gasteiger partial charge < -0.3 is 19.9 Å². The molecule has 0 radical (unpaired) electrons. The summed E-state index contributed by atoms with van der Waals surface area (Å²) in [5, 5.41) is 0. The van der Waals surface area contributed by atoms with E-state index in [9.17, 15) is 9.59 Å². The molecule has 2 aromatic rings. The summed E-state index contributed by atoms with van der Waals surface area (Å²) in [7, 11) is 1.49. The highest BCUT2D eigenvalue weighted by Gasteiger charge is 2.32. The van der Waals surface area contributed by atoms with Crippen LogP contribution in [-0.4, -0.2) is 64.4 Å². The van der Waals surface area contributed by atoms with Gasteiger partial charge in [0, 0.05) is 30.6 Å². The highest BCUT2D eigenvalue weighted by molar-refractivity contribution is 5.94. The van der Waals surface area contributed by atoms with Gasteiger partial charge in [-0.25, -0.2) is 19.7 Å². The summed E-state index contributed by atoms with van der Waals surface area (Å²) in [5.74, 6) is 0.234. The number of hydrogen-bond acceptors (Lipinski definition) is 9. The van der Waals surface area contributed by atoms with E-state index in [-0.39, 0.29) is 30.7 Å². The molecule has 0 unspecified atom stereocenters. The minimum Gasteiger partial charge on any atom is -0.467 e. The number of carbonyl (C=O) groups excluding carboxylic acids is 2. The first-order valence-corrected chi connectivity index (χ1v) is 10.1. The number of rotatable bonds is 8. The van der Waals surface area contributed by atoms with Crippen LogP contribution in [0.3, 0.4) is 0 Å². The van der Waals surface area contributed by atoms with Crippen LogP contribution in [0.1, 0.15) is 32.6 Å². The van der Waals surface area contributed by atoms with Gasteiger partial charge in [-0.05, 0) is 32.6 Å². The number of aromatic nitrogens is 4. The summed E-state index contributed by atoms with van der Waals surface area (Å²) in [6.45, 7) is 2.21. The van der Waals surface area contributed by atoms with Gasteiger partial charge in [0.2, 0.25) is 0 Å². The molecular weight excluding hydrogens is 404 g/mol. The summed E-state index contributed by atoms with van der Waals surface area (Å²) < 4.78 is 15.4. The summed E-state index contributed by atoms with van der Waals surface area (Å²) >= 11 is 0. The third-order valence-corrected chi connectivity index (χ3v) is 4.98. The molecule has 0 aromatic carbocycles. The SMILES string of the molecule is CCOCC(=O)N(c1cnc(-c2cnc(OC)nc2)cn1)C1CCC(OC(N)=O)CC1. The predicted molar refractivity (Wildman–Crippen MR) is 110 cm³/mol. The molecule has 1 fully saturated rings. The summed E-state index contributed by atoms with van der Waals surface area (Å²) in [4.78, 5) is 42.5. The Hall–Kier alpha value is -3.34. The van der Waals surface area contributed by atoms with E-state index in [0.717, 1.165) is 0 Å². The Labute approximate surface area is 180 Å². The quantitative estimate of drug-likeness (QED) is 0.662. The zero-order valence-corrected chi connectivity index (χ0v) is 17.6. The highest BCUT2D eigenvalue weighted by Crippen LogP contribution is 2.28. The van der Waals surface area contributed by atoms with Crippen LogP contribution < -0.4 is 15.4 Å². The summed E-state index contributed by atoms with van der Waals surface area (Å²) in [5.41, 5.74) is 6.36. The molecule has 2 N–H and O–H groups in total. The first-order chi connectivity index (χ1) is 15.0. The van der Waals surface area contributed by atoms with Gasteiger partial charge in [-0.3, -0.25) is 14.7 Å². The van der Waals surface area contributed by atoms with Crippen molar-refractivity contribution >= 4 is 17.8 Å². The first-order valence-electron chi connectivity index (χ1n) is 10.1. The first kappa shape index (κ1) is 22.3. The number of nitrogens with zero attached hydrogens (tertiary/aromatic N) is 5. The Morgan fingerprint density at radius 3 is 2.32 bits per heavy atom. The molecule has 0 aliphatic heterocycles. The lowest BCUT2D eigenvalue weighted by Gasteiger charge is -2.35. The molecule has 1 aliphatic carbocycles. The minimum absolute atomic E-state index is 0.0516. The topological polar surface area (TPSA) is 143 Å². The molecule has 2 aromatic heterocycles. The standard InChI is InChI=1S/C20H26N6O5/c1-3-30-12-18(27)26(14-4-6-15(7-5-14)31-19(21)28)17-11-22-16(10-23-17)13-8-24-20(29-2)25-9-13/h8-11,14-15H,3-7,12H2,1-2H3,(H2,21,28). The fraction of sp³-hybridized carbons (Fsp3) is 0.500. The van der Waals surface area contributed by atoms with Crippen LogP contribution in [0.4, 0.5) is 10.6 Å². The molecule has 2 amide bonds.